The molecule has 4 heterocycles. The number of carbonyl (C=O) groups is 3. The smallest absolute Gasteiger partial charge is 0.410 e. The third kappa shape index (κ3) is 13.8. The van der Waals surface area contributed by atoms with E-state index in [1.165, 1.54) is 43.8 Å². The predicted octanol–water partition coefficient (Wildman–Crippen LogP) is 5.51. The van der Waals surface area contributed by atoms with Gasteiger partial charge in [0.2, 0.25) is 0 Å². The molecule has 2 saturated heterocycles. The van der Waals surface area contributed by atoms with Gasteiger partial charge in [-0.3, -0.25) is 18.6 Å². The minimum absolute atomic E-state index is 0. The van der Waals surface area contributed by atoms with E-state index in [2.05, 4.69) is 20.0 Å². The third-order valence-corrected chi connectivity index (χ3v) is 14.2. The van der Waals surface area contributed by atoms with Crippen LogP contribution in [0.5, 0.6) is 0 Å². The van der Waals surface area contributed by atoms with Gasteiger partial charge < -0.3 is 24.4 Å². The highest BCUT2D eigenvalue weighted by molar-refractivity contribution is 7.90. The normalized spacial score (nSPS) is 17.0. The zero-order valence-corrected chi connectivity index (χ0v) is 41.3. The van der Waals surface area contributed by atoms with Crippen molar-refractivity contribution in [1.29, 1.82) is 0 Å². The summed E-state index contributed by atoms with van der Waals surface area (Å²) >= 11 is 0. The van der Waals surface area contributed by atoms with Crippen LogP contribution in [0.3, 0.4) is 0 Å². The second-order valence-corrected chi connectivity index (χ2v) is 20.6. The Labute approximate surface area is 395 Å². The highest BCUT2D eigenvalue weighted by Crippen LogP contribution is 2.28. The second kappa shape index (κ2) is 22.9. The van der Waals surface area contributed by atoms with Crippen LogP contribution in [0.1, 0.15) is 77.8 Å². The molecule has 1 amide bonds. The van der Waals surface area contributed by atoms with Gasteiger partial charge in [-0.2, -0.15) is 25.4 Å². The Morgan fingerprint density at radius 2 is 1.18 bits per heavy atom. The molecule has 0 unspecified atom stereocenters. The summed E-state index contributed by atoms with van der Waals surface area (Å²) in [5, 5.41) is 3.26. The molecule has 2 atom stereocenters. The van der Waals surface area contributed by atoms with Crippen molar-refractivity contribution in [2.45, 2.75) is 79.2 Å². The van der Waals surface area contributed by atoms with Crippen LogP contribution >= 0.6 is 12.4 Å². The van der Waals surface area contributed by atoms with E-state index in [-0.39, 0.29) is 62.8 Å². The van der Waals surface area contributed by atoms with Crippen molar-refractivity contribution >= 4 is 62.2 Å². The van der Waals surface area contributed by atoms with Crippen LogP contribution in [0, 0.1) is 13.8 Å². The fourth-order valence-electron chi connectivity index (χ4n) is 7.10. The maximum absolute atomic E-state index is 13.9. The number of esters is 2. The zero-order chi connectivity index (χ0) is 47.7. The van der Waals surface area contributed by atoms with Gasteiger partial charge in [-0.1, -0.05) is 24.3 Å². The molecule has 18 nitrogen and oxygen atoms in total. The summed E-state index contributed by atoms with van der Waals surface area (Å²) < 4.78 is 75.2. The van der Waals surface area contributed by atoms with Crippen LogP contribution in [-0.2, 0) is 47.7 Å². The van der Waals surface area contributed by atoms with Crippen molar-refractivity contribution in [2.24, 2.45) is 0 Å². The number of nitrogens with zero attached hydrogens (tertiary/aromatic N) is 7. The lowest BCUT2D eigenvalue weighted by Crippen LogP contribution is -2.58. The summed E-state index contributed by atoms with van der Waals surface area (Å²) in [5.74, 6) is -1.00. The summed E-state index contributed by atoms with van der Waals surface area (Å²) in [6, 6.07) is 20.7. The molecule has 0 saturated carbocycles. The number of aryl methyl sites for hydroxylation is 2. The lowest BCUT2D eigenvalue weighted by atomic mass is 10.2. The summed E-state index contributed by atoms with van der Waals surface area (Å²) in [5.41, 5.74) is 3.90. The van der Waals surface area contributed by atoms with Crippen molar-refractivity contribution in [1.82, 2.24) is 28.8 Å². The summed E-state index contributed by atoms with van der Waals surface area (Å²) in [7, 11) is -5.16. The number of nitrogens with one attached hydrogen (secondary N) is 1. The van der Waals surface area contributed by atoms with Crippen molar-refractivity contribution in [2.75, 3.05) is 62.1 Å². The molecule has 6 rings (SSSR count). The minimum Gasteiger partial charge on any atom is -0.465 e. The van der Waals surface area contributed by atoms with Crippen molar-refractivity contribution in [3.63, 3.8) is 0 Å². The average molecular weight is 974 g/mol. The van der Waals surface area contributed by atoms with E-state index in [4.69, 9.17) is 9.47 Å². The molecule has 0 aliphatic carbocycles. The molecule has 0 radical (unpaired) electrons. The highest BCUT2D eigenvalue weighted by Gasteiger charge is 2.39. The molecule has 2 fully saturated rings. The average Bonchev–Trinajstić information content (AvgIpc) is 3.26. The van der Waals surface area contributed by atoms with Crippen LogP contribution in [0.4, 0.5) is 16.2 Å². The summed E-state index contributed by atoms with van der Waals surface area (Å²) in [4.78, 5) is 46.1. The van der Waals surface area contributed by atoms with Gasteiger partial charge in [0.05, 0.1) is 61.2 Å². The number of ether oxygens (including phenoxy) is 3. The minimum atomic E-state index is -3.98. The molecule has 2 aliphatic heterocycles. The highest BCUT2D eigenvalue weighted by atomic mass is 35.5. The molecule has 2 aromatic heterocycles. The van der Waals surface area contributed by atoms with Crippen LogP contribution in [0.25, 0.3) is 0 Å². The van der Waals surface area contributed by atoms with Gasteiger partial charge in [-0.25, -0.2) is 14.4 Å². The van der Waals surface area contributed by atoms with Crippen LogP contribution < -0.4 is 13.9 Å². The number of hydrogen-bond acceptors (Lipinski definition) is 13. The van der Waals surface area contributed by atoms with E-state index in [0.29, 0.717) is 48.0 Å². The first-order valence-corrected chi connectivity index (χ1v) is 23.9. The van der Waals surface area contributed by atoms with Crippen LogP contribution in [0.15, 0.2) is 85.2 Å². The Kier molecular flexibility index (Phi) is 18.5. The fraction of sp³-hybridized carbons (Fsp3) is 0.444. The predicted molar refractivity (Wildman–Crippen MR) is 254 cm³/mol. The maximum atomic E-state index is 13.9. The molecule has 66 heavy (non-hydrogen) atoms. The van der Waals surface area contributed by atoms with Crippen LogP contribution in [-0.4, -0.2) is 130 Å². The van der Waals surface area contributed by atoms with E-state index in [1.54, 1.807) is 81.1 Å². The van der Waals surface area contributed by atoms with Gasteiger partial charge in [0, 0.05) is 63.7 Å². The van der Waals surface area contributed by atoms with E-state index < -0.39 is 44.1 Å². The lowest BCUT2D eigenvalue weighted by Gasteiger charge is -2.41. The van der Waals surface area contributed by atoms with Crippen LogP contribution in [0.2, 0.25) is 0 Å². The number of methoxy groups -OCH3 is 2. The largest absolute Gasteiger partial charge is 0.465 e. The first kappa shape index (κ1) is 53.2. The molecule has 0 spiro atoms. The number of hydrogen-bond donors (Lipinski definition) is 1. The molecule has 4 aromatic rings. The second-order valence-electron chi connectivity index (χ2n) is 16.9. The van der Waals surface area contributed by atoms with E-state index in [9.17, 15) is 31.2 Å². The number of halogens is 1. The molecule has 0 bridgehead atoms. The molecule has 2 aromatic carbocycles. The topological polar surface area (TPSA) is 201 Å². The number of piperazine rings is 2. The molecular weight excluding hydrogens is 912 g/mol. The number of carbonyl (C=O) groups excluding carboxylic acids is 3. The van der Waals surface area contributed by atoms with Gasteiger partial charge in [-0.15, -0.1) is 12.4 Å². The first-order valence-electron chi connectivity index (χ1n) is 21.1. The summed E-state index contributed by atoms with van der Waals surface area (Å²) in [6.07, 6.45) is 2.30. The van der Waals surface area contributed by atoms with E-state index >= 15 is 0 Å². The van der Waals surface area contributed by atoms with Crippen molar-refractivity contribution in [3.05, 3.63) is 119 Å². The molecule has 21 heteroatoms. The molecule has 1 N–H and O–H groups in total. The first-order chi connectivity index (χ1) is 30.6. The van der Waals surface area contributed by atoms with Gasteiger partial charge in [0.1, 0.15) is 5.60 Å². The number of aromatic nitrogens is 2. The Balaban J connectivity index is 0.000000290. The Bertz CT molecular complexity index is 2510. The Hall–Kier alpha value is -5.38. The Morgan fingerprint density at radius 3 is 1.56 bits per heavy atom. The van der Waals surface area contributed by atoms with Gasteiger partial charge in [0.15, 0.2) is 0 Å². The van der Waals surface area contributed by atoms with Gasteiger partial charge in [-0.05, 0) is 108 Å². The molecule has 360 valence electrons. The molecular formula is C45H61ClN8O10S2. The monoisotopic (exact) mass is 972 g/mol. The lowest BCUT2D eigenvalue weighted by molar-refractivity contribution is 0.00853. The van der Waals surface area contributed by atoms with Gasteiger partial charge in [0.25, 0.3) is 0 Å². The summed E-state index contributed by atoms with van der Waals surface area (Å²) in [6.45, 7) is 14.9. The number of anilines is 2. The third-order valence-electron chi connectivity index (χ3n) is 10.4. The van der Waals surface area contributed by atoms with Crippen molar-refractivity contribution < 1.29 is 45.4 Å². The standard InChI is InChI=1S/C25H34N4O6S.C20H26N4O4S.ClH/c1-18-8-7-9-22(14-18)29(17-21-11-10-20(15-26-21)23(30)34-6)36(32,33)27-12-13-28(19(2)16-27)24(31)35-25(3,4)5;1-15-5-4-6-19(11-15)24(29(26,27)23-10-9-21-16(2)13-23)14-18-8-7-17(12-22-18)20(25)28-3;/h7-11,14-15,19H,12-13,16-17H2,1-6H3;4-8,11-12,16,21H,9-10,13-14H2,1-3H3;1H/t19-;16-;/m00./s1. The number of pyridine rings is 2. The quantitative estimate of drug-likeness (QED) is 0.138. The zero-order valence-electron chi connectivity index (χ0n) is 38.8. The Morgan fingerprint density at radius 1 is 0.712 bits per heavy atom. The maximum Gasteiger partial charge on any atom is 0.410 e. The van der Waals surface area contributed by atoms with Crippen molar-refractivity contribution in [3.8, 4) is 0 Å². The fourth-order valence-corrected chi connectivity index (χ4v) is 10.5. The number of amides is 1. The SMILES string of the molecule is COC(=O)c1ccc(CN(c2cccc(C)c2)S(=O)(=O)N2CCN(C(=O)OC(C)(C)C)[C@@H](C)C2)nc1.COC(=O)c1ccc(CN(c2cccc(C)c2)S(=O)(=O)N2CCN[C@@H](C)C2)nc1.Cl. The van der Waals surface area contributed by atoms with Gasteiger partial charge >= 0.3 is 38.5 Å². The molecule has 2 aliphatic rings. The number of rotatable bonds is 12. The number of benzene rings is 2. The van der Waals surface area contributed by atoms with E-state index in [0.717, 1.165) is 11.1 Å². The van der Waals surface area contributed by atoms with E-state index in [1.807, 2.05) is 45.0 Å².